The number of halogens is 1. The lowest BCUT2D eigenvalue weighted by Crippen LogP contribution is -2.35. The van der Waals surface area contributed by atoms with Gasteiger partial charge in [0.1, 0.15) is 0 Å². The molecule has 0 bridgehead atoms. The van der Waals surface area contributed by atoms with E-state index in [0.717, 1.165) is 12.8 Å². The van der Waals surface area contributed by atoms with Crippen molar-refractivity contribution in [3.8, 4) is 0 Å². The lowest BCUT2D eigenvalue weighted by Gasteiger charge is -2.10. The van der Waals surface area contributed by atoms with Crippen molar-refractivity contribution in [2.75, 3.05) is 0 Å². The summed E-state index contributed by atoms with van der Waals surface area (Å²) < 4.78 is 0.509. The average molecular weight is 216 g/mol. The number of hydrogen-bond acceptors (Lipinski definition) is 1. The van der Waals surface area contributed by atoms with Gasteiger partial charge in [-0.15, -0.1) is 0 Å². The maximum atomic E-state index is 10.9. The molecule has 1 aliphatic rings. The summed E-state index contributed by atoms with van der Waals surface area (Å²) >= 11 is 3.29. The van der Waals surface area contributed by atoms with Gasteiger partial charge in [0.25, 0.3) is 0 Å². The molecular weight excluding hydrogens is 206 g/mol. The minimum absolute atomic E-state index is 0.205. The molecule has 0 saturated carbocycles. The third kappa shape index (κ3) is 2.76. The molecule has 1 fully saturated rings. The third-order valence-electron chi connectivity index (χ3n) is 1.76. The fourth-order valence-electron chi connectivity index (χ4n) is 1.16. The van der Waals surface area contributed by atoms with Gasteiger partial charge < -0.3 is 18.2 Å². The zero-order chi connectivity index (χ0) is 7.40. The number of nitrogens with one attached hydrogen (secondary N) is 1. The Morgan fingerprint density at radius 3 is 3.10 bits per heavy atom. The molecule has 0 aliphatic carbocycles. The second-order valence-electron chi connectivity index (χ2n) is 2.66. The van der Waals surface area contributed by atoms with Gasteiger partial charge in [0.05, 0.1) is 0 Å². The van der Waals surface area contributed by atoms with Crippen LogP contribution in [0.25, 0.3) is 0 Å². The highest BCUT2D eigenvalue weighted by Gasteiger charge is 2.16. The number of carbonyl (C=O) groups excluding carboxylic acids is 1. The zero-order valence-electron chi connectivity index (χ0n) is 5.90. The zero-order valence-corrected chi connectivity index (χ0v) is 8.90. The monoisotopic (exact) mass is 215 g/mol. The Balaban J connectivity index is 2.38. The Labute approximate surface area is 76.7 Å². The van der Waals surface area contributed by atoms with Gasteiger partial charge in [-0.3, -0.25) is 4.79 Å². The van der Waals surface area contributed by atoms with Crippen LogP contribution in [0.3, 0.4) is 0 Å². The first-order chi connectivity index (χ1) is 4.83. The van der Waals surface area contributed by atoms with Crippen LogP contribution in [0.2, 0.25) is 0 Å². The van der Waals surface area contributed by atoms with Crippen LogP contribution in [0.1, 0.15) is 25.7 Å². The van der Waals surface area contributed by atoms with Crippen LogP contribution in [0.4, 0.5) is 0 Å². The molecule has 0 aromatic heterocycles. The summed E-state index contributed by atoms with van der Waals surface area (Å²) in [6.07, 6.45) is 4.20. The maximum absolute atomic E-state index is 10.9. The molecule has 1 aliphatic heterocycles. The van der Waals surface area contributed by atoms with E-state index < -0.39 is 0 Å². The molecule has 0 spiro atoms. The lowest BCUT2D eigenvalue weighted by molar-refractivity contribution is -0.121. The van der Waals surface area contributed by atoms with E-state index in [4.69, 9.17) is 0 Å². The van der Waals surface area contributed by atoms with Crippen molar-refractivity contribution in [1.82, 2.24) is 5.32 Å². The Kier molecular flexibility index (Phi) is 4.02. The van der Waals surface area contributed by atoms with Gasteiger partial charge in [0.2, 0.25) is 5.91 Å². The average Bonchev–Trinajstić information content (AvgIpc) is 2.13. The number of rotatable bonds is 1. The van der Waals surface area contributed by atoms with E-state index in [2.05, 4.69) is 18.2 Å². The van der Waals surface area contributed by atoms with E-state index in [9.17, 15) is 4.79 Å². The van der Waals surface area contributed by atoms with E-state index >= 15 is 0 Å². The summed E-state index contributed by atoms with van der Waals surface area (Å²) in [5.74, 6) is 0.245. The molecule has 1 saturated heterocycles. The van der Waals surface area contributed by atoms with E-state index in [1.807, 2.05) is 0 Å². The van der Waals surface area contributed by atoms with Gasteiger partial charge in [0.15, 0.2) is 0 Å². The largest absolute Gasteiger partial charge is 0.498 e. The Hall–Kier alpha value is 0.716. The van der Waals surface area contributed by atoms with Crippen LogP contribution >= 0.6 is 12.9 Å². The van der Waals surface area contributed by atoms with Crippen molar-refractivity contribution >= 4 is 37.0 Å². The van der Waals surface area contributed by atoms with Gasteiger partial charge in [-0.1, -0.05) is 17.0 Å². The highest BCUT2D eigenvalue weighted by atomic mass is 79.9. The summed E-state index contributed by atoms with van der Waals surface area (Å²) in [4.78, 5) is 10.9. The van der Waals surface area contributed by atoms with E-state index in [1.165, 1.54) is 12.8 Å². The Morgan fingerprint density at radius 2 is 2.40 bits per heavy atom. The second kappa shape index (κ2) is 4.56. The van der Waals surface area contributed by atoms with E-state index in [-0.39, 0.29) is 24.1 Å². The van der Waals surface area contributed by atoms with Crippen LogP contribution in [-0.4, -0.2) is 28.3 Å². The number of amides is 1. The molecule has 0 radical (unpaired) electrons. The smallest absolute Gasteiger partial charge is 0.377 e. The van der Waals surface area contributed by atoms with Gasteiger partial charge in [-0.25, -0.2) is 0 Å². The normalized spacial score (nSPS) is 26.5. The molecule has 1 N–H and O–H groups in total. The lowest BCUT2D eigenvalue weighted by atomic mass is 10.2. The van der Waals surface area contributed by atoms with Crippen molar-refractivity contribution < 1.29 is 4.79 Å². The van der Waals surface area contributed by atoms with Crippen molar-refractivity contribution in [3.05, 3.63) is 0 Å². The van der Waals surface area contributed by atoms with Crippen LogP contribution in [0.15, 0.2) is 0 Å². The van der Waals surface area contributed by atoms with Gasteiger partial charge in [0, 0.05) is 6.42 Å². The van der Waals surface area contributed by atoms with Crippen molar-refractivity contribution in [3.63, 3.8) is 0 Å². The molecule has 1 atom stereocenters. The molecule has 2 nitrogen and oxygen atoms in total. The van der Waals surface area contributed by atoms with Crippen molar-refractivity contribution in [1.29, 1.82) is 0 Å². The molecule has 10 heavy (non-hydrogen) atoms. The van der Waals surface area contributed by atoms with Gasteiger partial charge >= 0.3 is 18.2 Å². The molecule has 1 heterocycles. The summed E-state index contributed by atoms with van der Waals surface area (Å²) in [7, 11) is 0. The van der Waals surface area contributed by atoms with Crippen LogP contribution in [-0.2, 0) is 4.79 Å². The summed E-state index contributed by atoms with van der Waals surface area (Å²) in [6.45, 7) is 0. The second-order valence-corrected chi connectivity index (χ2v) is 5.90. The highest BCUT2D eigenvalue weighted by Crippen LogP contribution is 2.09. The molecule has 0 aromatic carbocycles. The fourth-order valence-corrected chi connectivity index (χ4v) is 3.37. The molecule has 1 amide bonds. The summed E-state index contributed by atoms with van der Waals surface area (Å²) in [5.41, 5.74) is 0. The SMILES string of the molecule is O=C1CCCC[CH]([Mg][Br])N1. The minimum atomic E-state index is -0.205. The predicted molar refractivity (Wildman–Crippen MR) is 45.1 cm³/mol. The quantitative estimate of drug-likeness (QED) is 0.651. The maximum Gasteiger partial charge on any atom is 0.498 e. The van der Waals surface area contributed by atoms with Crippen LogP contribution in [0, 0.1) is 0 Å². The van der Waals surface area contributed by atoms with Gasteiger partial charge in [-0.2, -0.15) is 0 Å². The first kappa shape index (κ1) is 8.81. The topological polar surface area (TPSA) is 29.1 Å². The number of carbonyl (C=O) groups is 1. The Morgan fingerprint density at radius 1 is 1.60 bits per heavy atom. The predicted octanol–water partition coefficient (Wildman–Crippen LogP) is 1.02. The molecule has 4 heteroatoms. The highest BCUT2D eigenvalue weighted by molar-refractivity contribution is 9.23. The standard InChI is InChI=1S/C6H10NO.BrH.Mg/c8-6-4-2-1-3-5-7-6;;/h5H,1-4H2,(H,7,8);1H;/q;;+1/p-1. The van der Waals surface area contributed by atoms with Gasteiger partial charge in [-0.05, 0) is 6.42 Å². The molecular formula is C6H10BrMgNO. The summed E-state index contributed by atoms with van der Waals surface area (Å²) in [6, 6.07) is 0. The number of hydrogen-bond donors (Lipinski definition) is 1. The fraction of sp³-hybridized carbons (Fsp3) is 0.833. The van der Waals surface area contributed by atoms with Crippen LogP contribution < -0.4 is 5.32 Å². The minimum Gasteiger partial charge on any atom is -0.377 e. The third-order valence-corrected chi connectivity index (χ3v) is 5.09. The summed E-state index contributed by atoms with van der Waals surface area (Å²) in [5, 5.41) is 3.00. The van der Waals surface area contributed by atoms with Crippen LogP contribution in [0.5, 0.6) is 0 Å². The first-order valence-electron chi connectivity index (χ1n) is 3.68. The first-order valence-corrected chi connectivity index (χ1v) is 8.40. The Bertz CT molecular complexity index is 131. The molecule has 0 aromatic rings. The van der Waals surface area contributed by atoms with E-state index in [1.54, 1.807) is 0 Å². The van der Waals surface area contributed by atoms with E-state index in [0.29, 0.717) is 4.17 Å². The van der Waals surface area contributed by atoms with Crippen molar-refractivity contribution in [2.24, 2.45) is 0 Å². The molecule has 1 unspecified atom stereocenters. The molecule has 54 valence electrons. The molecule has 1 rings (SSSR count). The van der Waals surface area contributed by atoms with Crippen molar-refractivity contribution in [2.45, 2.75) is 29.9 Å².